The van der Waals surface area contributed by atoms with Crippen LogP contribution >= 0.6 is 27.3 Å². The van der Waals surface area contributed by atoms with E-state index in [9.17, 15) is 9.59 Å². The van der Waals surface area contributed by atoms with E-state index in [1.807, 2.05) is 41.8 Å². The van der Waals surface area contributed by atoms with Crippen LogP contribution in [0.15, 0.2) is 70.5 Å². The zero-order valence-electron chi connectivity index (χ0n) is 12.7. The van der Waals surface area contributed by atoms with Gasteiger partial charge in [-0.2, -0.15) is 0 Å². The van der Waals surface area contributed by atoms with Crippen LogP contribution in [0.2, 0.25) is 0 Å². The first kappa shape index (κ1) is 16.6. The Hall–Kier alpha value is -2.24. The molecule has 24 heavy (non-hydrogen) atoms. The van der Waals surface area contributed by atoms with E-state index < -0.39 is 0 Å². The molecule has 3 aromatic rings. The molecule has 0 bridgehead atoms. The van der Waals surface area contributed by atoms with Crippen molar-refractivity contribution in [1.82, 2.24) is 0 Å². The van der Waals surface area contributed by atoms with Crippen molar-refractivity contribution in [3.05, 3.63) is 86.5 Å². The van der Waals surface area contributed by atoms with Crippen LogP contribution in [0.1, 0.15) is 20.8 Å². The van der Waals surface area contributed by atoms with Crippen molar-refractivity contribution in [2.75, 3.05) is 5.32 Å². The average molecular weight is 400 g/mol. The molecule has 1 aromatic heterocycles. The van der Waals surface area contributed by atoms with Gasteiger partial charge in [-0.15, -0.1) is 11.3 Å². The standard InChI is InChI=1S/C19H14BrNO2S/c20-14-8-9-17(21-18(22)12-15-7-4-10-24-15)16(11-14)19(23)13-5-2-1-3-6-13/h1-11H,12H2,(H,21,22). The zero-order chi connectivity index (χ0) is 16.9. The Labute approximate surface area is 152 Å². The summed E-state index contributed by atoms with van der Waals surface area (Å²) in [6.07, 6.45) is 0.298. The lowest BCUT2D eigenvalue weighted by Gasteiger charge is -2.11. The van der Waals surface area contributed by atoms with Crippen molar-refractivity contribution in [3.63, 3.8) is 0 Å². The second kappa shape index (κ2) is 7.55. The summed E-state index contributed by atoms with van der Waals surface area (Å²) in [6.45, 7) is 0. The molecule has 0 unspecified atom stereocenters. The number of carbonyl (C=O) groups is 2. The SMILES string of the molecule is O=C(Cc1cccs1)Nc1ccc(Br)cc1C(=O)c1ccccc1. The Morgan fingerprint density at radius 1 is 1.00 bits per heavy atom. The van der Waals surface area contributed by atoms with Crippen LogP contribution in [-0.4, -0.2) is 11.7 Å². The monoisotopic (exact) mass is 399 g/mol. The summed E-state index contributed by atoms with van der Waals surface area (Å²) in [4.78, 5) is 26.0. The molecule has 0 aliphatic heterocycles. The van der Waals surface area contributed by atoms with Crippen LogP contribution in [0.4, 0.5) is 5.69 Å². The second-order valence-corrected chi connectivity index (χ2v) is 7.14. The molecule has 0 spiro atoms. The summed E-state index contributed by atoms with van der Waals surface area (Å²) in [6, 6.07) is 18.1. The summed E-state index contributed by atoms with van der Waals surface area (Å²) < 4.78 is 0.790. The molecule has 0 atom stereocenters. The van der Waals surface area contributed by atoms with Gasteiger partial charge in [0.15, 0.2) is 5.78 Å². The van der Waals surface area contributed by atoms with Gasteiger partial charge in [0.25, 0.3) is 0 Å². The highest BCUT2D eigenvalue weighted by molar-refractivity contribution is 9.10. The molecule has 1 amide bonds. The van der Waals surface area contributed by atoms with Crippen molar-refractivity contribution in [2.45, 2.75) is 6.42 Å². The van der Waals surface area contributed by atoms with Gasteiger partial charge < -0.3 is 5.32 Å². The number of amides is 1. The normalized spacial score (nSPS) is 10.4. The highest BCUT2D eigenvalue weighted by Crippen LogP contribution is 2.24. The fourth-order valence-corrected chi connectivity index (χ4v) is 3.39. The number of anilines is 1. The minimum absolute atomic E-state index is 0.122. The Morgan fingerprint density at radius 3 is 2.50 bits per heavy atom. The molecule has 0 aliphatic rings. The number of carbonyl (C=O) groups excluding carboxylic acids is 2. The Balaban J connectivity index is 1.86. The molecular formula is C19H14BrNO2S. The minimum Gasteiger partial charge on any atom is -0.325 e. The number of halogens is 1. The Kier molecular flexibility index (Phi) is 5.23. The smallest absolute Gasteiger partial charge is 0.229 e. The van der Waals surface area contributed by atoms with E-state index in [0.717, 1.165) is 9.35 Å². The van der Waals surface area contributed by atoms with Crippen LogP contribution in [0.5, 0.6) is 0 Å². The number of rotatable bonds is 5. The number of ketones is 1. The highest BCUT2D eigenvalue weighted by atomic mass is 79.9. The maximum absolute atomic E-state index is 12.7. The third-order valence-corrected chi connectivity index (χ3v) is 4.82. The first-order valence-corrected chi connectivity index (χ1v) is 9.02. The molecule has 1 heterocycles. The molecule has 5 heteroatoms. The van der Waals surface area contributed by atoms with Gasteiger partial charge in [-0.05, 0) is 29.6 Å². The van der Waals surface area contributed by atoms with E-state index in [4.69, 9.17) is 0 Å². The maximum atomic E-state index is 12.7. The van der Waals surface area contributed by atoms with Crippen molar-refractivity contribution >= 4 is 44.6 Å². The predicted octanol–water partition coefficient (Wildman–Crippen LogP) is 4.92. The van der Waals surface area contributed by atoms with Crippen LogP contribution in [0, 0.1) is 0 Å². The van der Waals surface area contributed by atoms with Gasteiger partial charge in [0.05, 0.1) is 12.1 Å². The predicted molar refractivity (Wildman–Crippen MR) is 101 cm³/mol. The third-order valence-electron chi connectivity index (χ3n) is 3.45. The topological polar surface area (TPSA) is 46.2 Å². The number of benzene rings is 2. The molecule has 3 nitrogen and oxygen atoms in total. The van der Waals surface area contributed by atoms with E-state index in [0.29, 0.717) is 23.2 Å². The average Bonchev–Trinajstić information content (AvgIpc) is 3.09. The Morgan fingerprint density at radius 2 is 1.79 bits per heavy atom. The first-order chi connectivity index (χ1) is 11.6. The zero-order valence-corrected chi connectivity index (χ0v) is 15.1. The van der Waals surface area contributed by atoms with Gasteiger partial charge in [-0.1, -0.05) is 52.3 Å². The summed E-state index contributed by atoms with van der Waals surface area (Å²) in [7, 11) is 0. The molecule has 0 saturated carbocycles. The van der Waals surface area contributed by atoms with E-state index >= 15 is 0 Å². The maximum Gasteiger partial charge on any atom is 0.229 e. The summed E-state index contributed by atoms with van der Waals surface area (Å²) in [5, 5.41) is 4.79. The molecule has 0 saturated heterocycles. The van der Waals surface area contributed by atoms with E-state index in [1.54, 1.807) is 24.3 Å². The second-order valence-electron chi connectivity index (χ2n) is 5.19. The largest absolute Gasteiger partial charge is 0.325 e. The van der Waals surface area contributed by atoms with Crippen LogP contribution in [0.25, 0.3) is 0 Å². The fraction of sp³-hybridized carbons (Fsp3) is 0.0526. The van der Waals surface area contributed by atoms with Gasteiger partial charge >= 0.3 is 0 Å². The van der Waals surface area contributed by atoms with Gasteiger partial charge in [-0.3, -0.25) is 9.59 Å². The lowest BCUT2D eigenvalue weighted by molar-refractivity contribution is -0.115. The molecule has 0 aliphatic carbocycles. The summed E-state index contributed by atoms with van der Waals surface area (Å²) in [5.41, 5.74) is 1.58. The molecule has 2 aromatic carbocycles. The lowest BCUT2D eigenvalue weighted by atomic mass is 10.0. The molecule has 1 N–H and O–H groups in total. The van der Waals surface area contributed by atoms with Gasteiger partial charge in [0.2, 0.25) is 5.91 Å². The number of nitrogens with one attached hydrogen (secondary N) is 1. The Bertz CT molecular complexity index is 860. The molecule has 120 valence electrons. The van der Waals surface area contributed by atoms with E-state index in [-0.39, 0.29) is 11.7 Å². The molecular weight excluding hydrogens is 386 g/mol. The van der Waals surface area contributed by atoms with Crippen LogP contribution in [-0.2, 0) is 11.2 Å². The third kappa shape index (κ3) is 3.99. The molecule has 0 fully saturated rings. The van der Waals surface area contributed by atoms with Crippen molar-refractivity contribution < 1.29 is 9.59 Å². The number of thiophene rings is 1. The van der Waals surface area contributed by atoms with Crippen molar-refractivity contribution in [3.8, 4) is 0 Å². The fourth-order valence-electron chi connectivity index (χ4n) is 2.32. The molecule has 0 radical (unpaired) electrons. The highest BCUT2D eigenvalue weighted by Gasteiger charge is 2.16. The van der Waals surface area contributed by atoms with E-state index in [2.05, 4.69) is 21.2 Å². The van der Waals surface area contributed by atoms with Crippen LogP contribution in [0.3, 0.4) is 0 Å². The van der Waals surface area contributed by atoms with Crippen molar-refractivity contribution in [1.29, 1.82) is 0 Å². The summed E-state index contributed by atoms with van der Waals surface area (Å²) in [5.74, 6) is -0.259. The number of hydrogen-bond donors (Lipinski definition) is 1. The molecule has 3 rings (SSSR count). The quantitative estimate of drug-likeness (QED) is 0.618. The first-order valence-electron chi connectivity index (χ1n) is 7.35. The van der Waals surface area contributed by atoms with Gasteiger partial charge in [0.1, 0.15) is 0 Å². The van der Waals surface area contributed by atoms with Crippen LogP contribution < -0.4 is 5.32 Å². The van der Waals surface area contributed by atoms with Crippen molar-refractivity contribution in [2.24, 2.45) is 0 Å². The van der Waals surface area contributed by atoms with Gasteiger partial charge in [-0.25, -0.2) is 0 Å². The summed E-state index contributed by atoms with van der Waals surface area (Å²) >= 11 is 4.93. The van der Waals surface area contributed by atoms with E-state index in [1.165, 1.54) is 11.3 Å². The number of hydrogen-bond acceptors (Lipinski definition) is 3. The lowest BCUT2D eigenvalue weighted by Crippen LogP contribution is -2.16. The van der Waals surface area contributed by atoms with Gasteiger partial charge in [0, 0.05) is 20.5 Å². The minimum atomic E-state index is -0.137.